The van der Waals surface area contributed by atoms with E-state index in [0.717, 1.165) is 89.3 Å². The van der Waals surface area contributed by atoms with Crippen molar-refractivity contribution in [1.82, 2.24) is 15.0 Å². The molecule has 0 saturated heterocycles. The number of rotatable bonds is 8. The zero-order valence-corrected chi connectivity index (χ0v) is 31.0. The fraction of sp³-hybridized carbons (Fsp3) is 0. The van der Waals surface area contributed by atoms with E-state index in [1.807, 2.05) is 91.0 Å². The number of para-hydroxylation sites is 3. The Morgan fingerprint density at radius 3 is 1.38 bits per heavy atom. The molecule has 0 bridgehead atoms. The molecule has 0 unspecified atom stereocenters. The van der Waals surface area contributed by atoms with Gasteiger partial charge in [-0.15, -0.1) is 0 Å². The smallest absolute Gasteiger partial charge is 0.227 e. The molecule has 3 heterocycles. The van der Waals surface area contributed by atoms with Crippen LogP contribution in [-0.4, -0.2) is 15.0 Å². The van der Waals surface area contributed by atoms with E-state index in [0.29, 0.717) is 17.7 Å². The van der Waals surface area contributed by atoms with Gasteiger partial charge >= 0.3 is 0 Å². The highest BCUT2D eigenvalue weighted by Crippen LogP contribution is 2.39. The number of hydrogen-bond donors (Lipinski definition) is 0. The van der Waals surface area contributed by atoms with Gasteiger partial charge in [0, 0.05) is 39.3 Å². The van der Waals surface area contributed by atoms with E-state index in [2.05, 4.69) is 108 Å². The van der Waals surface area contributed by atoms with E-state index < -0.39 is 0 Å². The van der Waals surface area contributed by atoms with Crippen LogP contribution in [0.1, 0.15) is 0 Å². The molecule has 8 aromatic carbocycles. The van der Waals surface area contributed by atoms with Gasteiger partial charge in [0.15, 0.2) is 16.7 Å². The van der Waals surface area contributed by atoms with Crippen LogP contribution in [0.25, 0.3) is 89.9 Å². The van der Waals surface area contributed by atoms with Gasteiger partial charge in [0.2, 0.25) is 17.7 Å². The highest BCUT2D eigenvalue weighted by Gasteiger charge is 2.18. The SMILES string of the molecule is c1ccc(-c2ccc3nc(-c4ccc(N(c5ccc(-c6nc7ccccc7o6)cc5)c5ccc(-c6nc7cccc(-c8ccccc8)c7o6)cc5)cc4)oc3c2)cc1. The van der Waals surface area contributed by atoms with Gasteiger partial charge < -0.3 is 18.2 Å². The lowest BCUT2D eigenvalue weighted by atomic mass is 10.1. The number of fused-ring (bicyclic) bond motifs is 3. The van der Waals surface area contributed by atoms with E-state index in [9.17, 15) is 0 Å². The van der Waals surface area contributed by atoms with Crippen LogP contribution in [0.15, 0.2) is 207 Å². The minimum Gasteiger partial charge on any atom is -0.436 e. The molecule has 0 aliphatic heterocycles. The lowest BCUT2D eigenvalue weighted by Gasteiger charge is -2.26. The Morgan fingerprint density at radius 2 is 0.776 bits per heavy atom. The monoisotopic (exact) mass is 748 g/mol. The fourth-order valence-corrected chi connectivity index (χ4v) is 7.48. The predicted molar refractivity (Wildman–Crippen MR) is 231 cm³/mol. The number of nitrogens with zero attached hydrogens (tertiary/aromatic N) is 4. The van der Waals surface area contributed by atoms with E-state index in [1.165, 1.54) is 0 Å². The van der Waals surface area contributed by atoms with Crippen molar-refractivity contribution in [3.05, 3.63) is 194 Å². The van der Waals surface area contributed by atoms with E-state index in [1.54, 1.807) is 0 Å². The fourth-order valence-electron chi connectivity index (χ4n) is 7.48. The van der Waals surface area contributed by atoms with Gasteiger partial charge in [0.25, 0.3) is 0 Å². The van der Waals surface area contributed by atoms with E-state index in [4.69, 9.17) is 28.2 Å². The molecule has 11 aromatic rings. The molecule has 0 spiro atoms. The lowest BCUT2D eigenvalue weighted by molar-refractivity contribution is 0.619. The van der Waals surface area contributed by atoms with Crippen LogP contribution in [0.2, 0.25) is 0 Å². The molecule has 0 atom stereocenters. The Bertz CT molecular complexity index is 3170. The summed E-state index contributed by atoms with van der Waals surface area (Å²) in [6.07, 6.45) is 0. The topological polar surface area (TPSA) is 81.3 Å². The summed E-state index contributed by atoms with van der Waals surface area (Å²) in [5.74, 6) is 1.72. The summed E-state index contributed by atoms with van der Waals surface area (Å²) in [4.78, 5) is 16.6. The van der Waals surface area contributed by atoms with Crippen molar-refractivity contribution in [3.63, 3.8) is 0 Å². The van der Waals surface area contributed by atoms with Gasteiger partial charge in [-0.1, -0.05) is 91.0 Å². The summed E-state index contributed by atoms with van der Waals surface area (Å²) in [5, 5.41) is 0. The van der Waals surface area contributed by atoms with Gasteiger partial charge in [-0.3, -0.25) is 0 Å². The highest BCUT2D eigenvalue weighted by molar-refractivity contribution is 5.92. The highest BCUT2D eigenvalue weighted by atomic mass is 16.4. The van der Waals surface area contributed by atoms with E-state index >= 15 is 0 Å². The van der Waals surface area contributed by atoms with Crippen LogP contribution < -0.4 is 4.90 Å². The number of benzene rings is 8. The first kappa shape index (κ1) is 33.3. The van der Waals surface area contributed by atoms with Crippen molar-refractivity contribution >= 4 is 50.4 Å². The van der Waals surface area contributed by atoms with Gasteiger partial charge in [-0.25, -0.2) is 15.0 Å². The van der Waals surface area contributed by atoms with Gasteiger partial charge in [-0.2, -0.15) is 0 Å². The number of aromatic nitrogens is 3. The van der Waals surface area contributed by atoms with Crippen molar-refractivity contribution < 1.29 is 13.3 Å². The second kappa shape index (κ2) is 13.9. The Hall–Kier alpha value is -8.03. The van der Waals surface area contributed by atoms with Gasteiger partial charge in [0.05, 0.1) is 0 Å². The molecule has 0 fully saturated rings. The quantitative estimate of drug-likeness (QED) is 0.153. The van der Waals surface area contributed by atoms with Crippen molar-refractivity contribution in [1.29, 1.82) is 0 Å². The van der Waals surface area contributed by atoms with Crippen molar-refractivity contribution in [3.8, 4) is 56.6 Å². The minimum absolute atomic E-state index is 0.567. The second-order valence-corrected chi connectivity index (χ2v) is 14.1. The van der Waals surface area contributed by atoms with Crippen molar-refractivity contribution in [2.45, 2.75) is 0 Å². The molecule has 3 aromatic heterocycles. The Labute approximate surface area is 333 Å². The van der Waals surface area contributed by atoms with Gasteiger partial charge in [0.1, 0.15) is 16.6 Å². The summed E-state index contributed by atoms with van der Waals surface area (Å²) < 4.78 is 18.8. The average molecular weight is 749 g/mol. The zero-order chi connectivity index (χ0) is 38.4. The Morgan fingerprint density at radius 1 is 0.310 bits per heavy atom. The maximum Gasteiger partial charge on any atom is 0.227 e. The molecule has 7 nitrogen and oxygen atoms in total. The molecule has 0 radical (unpaired) electrons. The number of hydrogen-bond acceptors (Lipinski definition) is 7. The third kappa shape index (κ3) is 6.08. The number of oxazole rings is 3. The van der Waals surface area contributed by atoms with Crippen LogP contribution in [0.4, 0.5) is 17.1 Å². The molecular formula is C51H32N4O3. The third-order valence-corrected chi connectivity index (χ3v) is 10.4. The minimum atomic E-state index is 0.567. The molecular weight excluding hydrogens is 717 g/mol. The predicted octanol–water partition coefficient (Wildman–Crippen LogP) is 13.9. The van der Waals surface area contributed by atoms with E-state index in [-0.39, 0.29) is 0 Å². The lowest BCUT2D eigenvalue weighted by Crippen LogP contribution is -2.09. The maximum absolute atomic E-state index is 6.44. The molecule has 0 N–H and O–H groups in total. The summed E-state index contributed by atoms with van der Waals surface area (Å²) in [6.45, 7) is 0. The summed E-state index contributed by atoms with van der Waals surface area (Å²) in [7, 11) is 0. The number of anilines is 3. The largest absolute Gasteiger partial charge is 0.436 e. The zero-order valence-electron chi connectivity index (χ0n) is 31.0. The standard InChI is InChI=1S/C51H32N4O3/c1-3-10-33(11-4-1)38-24-31-44-47(32-38)57-50(53-44)36-20-27-40(28-21-36)55(39-25-18-35(19-26-39)49-52-43-15-7-8-17-46(43)56-49)41-29-22-37(23-30-41)51-54-45-16-9-14-42(48(45)58-51)34-12-5-2-6-13-34/h1-32H. The van der Waals surface area contributed by atoms with Crippen LogP contribution in [-0.2, 0) is 0 Å². The first-order chi connectivity index (χ1) is 28.7. The van der Waals surface area contributed by atoms with Gasteiger partial charge in [-0.05, 0) is 120 Å². The Kier molecular flexibility index (Phi) is 8.00. The summed E-state index contributed by atoms with van der Waals surface area (Å²) in [5.41, 5.74) is 14.6. The first-order valence-corrected chi connectivity index (χ1v) is 19.1. The molecule has 0 aliphatic rings. The average Bonchev–Trinajstić information content (AvgIpc) is 4.05. The molecule has 0 aliphatic carbocycles. The van der Waals surface area contributed by atoms with Crippen molar-refractivity contribution in [2.24, 2.45) is 0 Å². The molecule has 0 amide bonds. The second-order valence-electron chi connectivity index (χ2n) is 14.1. The summed E-state index contributed by atoms with van der Waals surface area (Å²) in [6, 6.07) is 65.4. The Balaban J connectivity index is 0.943. The molecule has 11 rings (SSSR count). The first-order valence-electron chi connectivity index (χ1n) is 19.1. The van der Waals surface area contributed by atoms with Crippen molar-refractivity contribution in [2.75, 3.05) is 4.90 Å². The third-order valence-electron chi connectivity index (χ3n) is 10.4. The van der Waals surface area contributed by atoms with Crippen LogP contribution >= 0.6 is 0 Å². The maximum atomic E-state index is 6.44. The van der Waals surface area contributed by atoms with Crippen LogP contribution in [0.3, 0.4) is 0 Å². The molecule has 7 heteroatoms. The molecule has 274 valence electrons. The molecule has 58 heavy (non-hydrogen) atoms. The molecule has 0 saturated carbocycles. The van der Waals surface area contributed by atoms with Crippen LogP contribution in [0.5, 0.6) is 0 Å². The van der Waals surface area contributed by atoms with Crippen LogP contribution in [0, 0.1) is 0 Å². The normalized spacial score (nSPS) is 11.4. The summed E-state index contributed by atoms with van der Waals surface area (Å²) >= 11 is 0.